The Hall–Kier alpha value is -2.74. The van der Waals surface area contributed by atoms with Crippen LogP contribution in [0.4, 0.5) is 5.00 Å². The fraction of sp³-hybridized carbons (Fsp3) is 0.0500. The van der Waals surface area contributed by atoms with Crippen LogP contribution in [0.15, 0.2) is 65.0 Å². The third kappa shape index (κ3) is 3.52. The van der Waals surface area contributed by atoms with Gasteiger partial charge in [0.2, 0.25) is 0 Å². The zero-order valence-electron chi connectivity index (χ0n) is 14.7. The van der Waals surface area contributed by atoms with E-state index in [1.807, 2.05) is 18.4 Å². The van der Waals surface area contributed by atoms with Gasteiger partial charge in [-0.1, -0.05) is 17.7 Å². The maximum absolute atomic E-state index is 13.1. The predicted molar refractivity (Wildman–Crippen MR) is 116 cm³/mol. The maximum atomic E-state index is 13.1. The van der Waals surface area contributed by atoms with Crippen LogP contribution in [0.3, 0.4) is 0 Å². The Labute approximate surface area is 173 Å². The number of allylic oxidation sites excluding steroid dienone is 1. The van der Waals surface area contributed by atoms with Crippen molar-refractivity contribution in [3.8, 4) is 5.69 Å². The van der Waals surface area contributed by atoms with Crippen molar-refractivity contribution in [3.05, 3.63) is 85.4 Å². The first-order valence-corrected chi connectivity index (χ1v) is 10.4. The molecule has 0 aliphatic heterocycles. The second-order valence-electron chi connectivity index (χ2n) is 5.93. The van der Waals surface area contributed by atoms with Crippen LogP contribution in [-0.2, 0) is 0 Å². The number of benzene rings is 1. The van der Waals surface area contributed by atoms with E-state index in [9.17, 15) is 9.59 Å². The molecule has 0 aliphatic rings. The van der Waals surface area contributed by atoms with Gasteiger partial charge in [-0.15, -0.1) is 22.7 Å². The molecule has 0 aliphatic carbocycles. The van der Waals surface area contributed by atoms with Gasteiger partial charge >= 0.3 is 0 Å². The Morgan fingerprint density at radius 1 is 1.25 bits per heavy atom. The maximum Gasteiger partial charge on any atom is 0.282 e. The first-order valence-electron chi connectivity index (χ1n) is 8.33. The number of anilines is 1. The molecule has 0 atom stereocenters. The quantitative estimate of drug-likeness (QED) is 0.347. The second-order valence-corrected chi connectivity index (χ2v) is 8.54. The summed E-state index contributed by atoms with van der Waals surface area (Å²) < 4.78 is 1.34. The molecule has 28 heavy (non-hydrogen) atoms. The Kier molecular flexibility index (Phi) is 5.13. The van der Waals surface area contributed by atoms with E-state index < -0.39 is 0 Å². The molecule has 5 nitrogen and oxygen atoms in total. The van der Waals surface area contributed by atoms with E-state index in [0.717, 1.165) is 10.3 Å². The molecule has 0 spiro atoms. The molecular weight excluding hydrogens is 414 g/mol. The van der Waals surface area contributed by atoms with E-state index in [0.29, 0.717) is 26.0 Å². The number of carbonyl (C=O) groups excluding carboxylic acids is 1. The van der Waals surface area contributed by atoms with Gasteiger partial charge in [-0.2, -0.15) is 9.78 Å². The number of carbonyl (C=O) groups is 1. The van der Waals surface area contributed by atoms with E-state index >= 15 is 0 Å². The highest BCUT2D eigenvalue weighted by Gasteiger charge is 2.15. The number of halogens is 1. The third-order valence-electron chi connectivity index (χ3n) is 4.12. The van der Waals surface area contributed by atoms with E-state index in [1.54, 1.807) is 42.7 Å². The van der Waals surface area contributed by atoms with Crippen molar-refractivity contribution in [1.29, 1.82) is 0 Å². The highest BCUT2D eigenvalue weighted by atomic mass is 35.5. The molecule has 3 aromatic heterocycles. The molecule has 0 unspecified atom stereocenters. The highest BCUT2D eigenvalue weighted by molar-refractivity contribution is 7.18. The first kappa shape index (κ1) is 18.6. The average Bonchev–Trinajstić information content (AvgIpc) is 3.32. The molecule has 1 aromatic carbocycles. The van der Waals surface area contributed by atoms with Crippen LogP contribution in [-0.4, -0.2) is 15.6 Å². The number of rotatable bonds is 5. The summed E-state index contributed by atoms with van der Waals surface area (Å²) in [6.07, 6.45) is 4.72. The molecule has 0 saturated heterocycles. The number of fused-ring (bicyclic) bond motifs is 1. The SMILES string of the molecule is Cc1sc(N/C=C\C(=O)c2cccs2)c2c(=O)n(-c3ccc(Cl)cc3)ncc12. The van der Waals surface area contributed by atoms with Crippen LogP contribution >= 0.6 is 34.3 Å². The summed E-state index contributed by atoms with van der Waals surface area (Å²) in [5.41, 5.74) is 0.402. The van der Waals surface area contributed by atoms with Crippen LogP contribution in [0.5, 0.6) is 0 Å². The van der Waals surface area contributed by atoms with Gasteiger partial charge in [0.15, 0.2) is 5.78 Å². The summed E-state index contributed by atoms with van der Waals surface area (Å²) in [7, 11) is 0. The molecule has 4 rings (SSSR count). The van der Waals surface area contributed by atoms with Crippen molar-refractivity contribution in [2.75, 3.05) is 5.32 Å². The Morgan fingerprint density at radius 2 is 2.04 bits per heavy atom. The minimum absolute atomic E-state index is 0.0830. The summed E-state index contributed by atoms with van der Waals surface area (Å²) >= 11 is 8.77. The smallest absolute Gasteiger partial charge is 0.282 e. The standard InChI is InChI=1S/C20H14ClN3O2S2/c1-12-15-11-23-24(14-6-4-13(21)5-7-14)20(26)18(15)19(28-12)22-9-8-16(25)17-3-2-10-27-17/h2-11,22H,1H3/b9-8-. The molecule has 140 valence electrons. The Balaban J connectivity index is 1.71. The molecular formula is C20H14ClN3O2S2. The van der Waals surface area contributed by atoms with Gasteiger partial charge in [0, 0.05) is 27.6 Å². The number of hydrogen-bond donors (Lipinski definition) is 1. The van der Waals surface area contributed by atoms with Gasteiger partial charge in [-0.25, -0.2) is 0 Å². The summed E-state index contributed by atoms with van der Waals surface area (Å²) in [6.45, 7) is 1.94. The summed E-state index contributed by atoms with van der Waals surface area (Å²) in [4.78, 5) is 26.8. The molecule has 0 fully saturated rings. The predicted octanol–water partition coefficient (Wildman–Crippen LogP) is 5.28. The van der Waals surface area contributed by atoms with Gasteiger partial charge in [0.1, 0.15) is 5.00 Å². The zero-order chi connectivity index (χ0) is 19.7. The first-order chi connectivity index (χ1) is 13.5. The summed E-state index contributed by atoms with van der Waals surface area (Å²) in [5.74, 6) is -0.0830. The number of nitrogens with zero attached hydrogens (tertiary/aromatic N) is 2. The molecule has 1 N–H and O–H groups in total. The van der Waals surface area contributed by atoms with Gasteiger partial charge in [-0.3, -0.25) is 9.59 Å². The largest absolute Gasteiger partial charge is 0.353 e. The third-order valence-corrected chi connectivity index (χ3v) is 6.31. The molecule has 0 amide bonds. The number of nitrogens with one attached hydrogen (secondary N) is 1. The van der Waals surface area contributed by atoms with Crippen LogP contribution in [0.25, 0.3) is 16.5 Å². The van der Waals surface area contributed by atoms with E-state index in [2.05, 4.69) is 10.4 Å². The fourth-order valence-electron chi connectivity index (χ4n) is 2.76. The molecule has 3 heterocycles. The lowest BCUT2D eigenvalue weighted by Crippen LogP contribution is -2.20. The zero-order valence-corrected chi connectivity index (χ0v) is 17.1. The van der Waals surface area contributed by atoms with Crippen LogP contribution in [0.1, 0.15) is 14.5 Å². The van der Waals surface area contributed by atoms with E-state index in [1.165, 1.54) is 33.4 Å². The van der Waals surface area contributed by atoms with Crippen molar-refractivity contribution in [1.82, 2.24) is 9.78 Å². The molecule has 4 aromatic rings. The van der Waals surface area contributed by atoms with Crippen LogP contribution in [0.2, 0.25) is 5.02 Å². The average molecular weight is 428 g/mol. The second kappa shape index (κ2) is 7.71. The topological polar surface area (TPSA) is 64.0 Å². The van der Waals surface area contributed by atoms with Crippen LogP contribution in [0, 0.1) is 6.92 Å². The van der Waals surface area contributed by atoms with Crippen molar-refractivity contribution in [3.63, 3.8) is 0 Å². The summed E-state index contributed by atoms with van der Waals surface area (Å²) in [5, 5.41) is 11.8. The lowest BCUT2D eigenvalue weighted by molar-refractivity contribution is 0.105. The van der Waals surface area contributed by atoms with E-state index in [-0.39, 0.29) is 11.3 Å². The normalized spacial score (nSPS) is 11.4. The summed E-state index contributed by atoms with van der Waals surface area (Å²) in [6, 6.07) is 10.5. The van der Waals surface area contributed by atoms with Crippen molar-refractivity contribution in [2.45, 2.75) is 6.92 Å². The minimum Gasteiger partial charge on any atom is -0.353 e. The minimum atomic E-state index is -0.232. The van der Waals surface area contributed by atoms with Gasteiger partial charge in [0.05, 0.1) is 22.1 Å². The Morgan fingerprint density at radius 3 is 2.75 bits per heavy atom. The number of aromatic nitrogens is 2. The van der Waals surface area contributed by atoms with Gasteiger partial charge < -0.3 is 5.32 Å². The number of ketones is 1. The monoisotopic (exact) mass is 427 g/mol. The van der Waals surface area contributed by atoms with Gasteiger partial charge in [0.25, 0.3) is 5.56 Å². The fourth-order valence-corrected chi connectivity index (χ4v) is 4.53. The molecule has 0 radical (unpaired) electrons. The lowest BCUT2D eigenvalue weighted by Gasteiger charge is -2.05. The molecule has 0 bridgehead atoms. The van der Waals surface area contributed by atoms with Crippen molar-refractivity contribution < 1.29 is 4.79 Å². The Bertz CT molecular complexity index is 1240. The van der Waals surface area contributed by atoms with Gasteiger partial charge in [-0.05, 0) is 42.6 Å². The van der Waals surface area contributed by atoms with Crippen LogP contribution < -0.4 is 10.9 Å². The van der Waals surface area contributed by atoms with Crippen molar-refractivity contribution in [2.24, 2.45) is 0 Å². The number of thiophene rings is 2. The molecule has 8 heteroatoms. The lowest BCUT2D eigenvalue weighted by atomic mass is 10.2. The highest BCUT2D eigenvalue weighted by Crippen LogP contribution is 2.32. The molecule has 0 saturated carbocycles. The van der Waals surface area contributed by atoms with E-state index in [4.69, 9.17) is 11.6 Å². The number of hydrogen-bond acceptors (Lipinski definition) is 6. The number of aryl methyl sites for hydroxylation is 1. The van der Waals surface area contributed by atoms with Crippen molar-refractivity contribution >= 4 is 55.8 Å².